The van der Waals surface area contributed by atoms with E-state index in [2.05, 4.69) is 5.32 Å². The molecule has 2 aromatic rings. The summed E-state index contributed by atoms with van der Waals surface area (Å²) in [6.07, 6.45) is 0.560. The minimum Gasteiger partial charge on any atom is -0.508 e. The van der Waals surface area contributed by atoms with Crippen LogP contribution in [-0.2, 0) is 6.42 Å². The lowest BCUT2D eigenvalue weighted by Gasteiger charge is -2.07. The molecule has 0 atom stereocenters. The molecule has 0 spiro atoms. The van der Waals surface area contributed by atoms with E-state index in [9.17, 15) is 14.3 Å². The zero-order chi connectivity index (χ0) is 14.5. The molecule has 1 amide bonds. The monoisotopic (exact) mass is 275 g/mol. The highest BCUT2D eigenvalue weighted by Gasteiger charge is 2.10. The van der Waals surface area contributed by atoms with E-state index >= 15 is 0 Å². The first-order valence-corrected chi connectivity index (χ1v) is 6.11. The van der Waals surface area contributed by atoms with Gasteiger partial charge in [0.2, 0.25) is 0 Å². The predicted octanol–water partition coefficient (Wildman–Crippen LogP) is 2.21. The maximum Gasteiger partial charge on any atom is 0.255 e. The van der Waals surface area contributed by atoms with Crippen molar-refractivity contribution in [2.45, 2.75) is 6.42 Å². The number of aromatic hydroxyl groups is 2. The maximum absolute atomic E-state index is 12.7. The second-order valence-corrected chi connectivity index (χ2v) is 4.33. The standard InChI is InChI=1S/C15H14FNO3/c16-11-3-1-10(2-4-11)7-8-17-15(20)13-6-5-12(18)9-14(13)19/h1-6,9,18-19H,7-8H2,(H,17,20). The number of phenols is 2. The Balaban J connectivity index is 1.90. The molecule has 0 aliphatic heterocycles. The quantitative estimate of drug-likeness (QED) is 0.801. The highest BCUT2D eigenvalue weighted by molar-refractivity contribution is 5.96. The van der Waals surface area contributed by atoms with Crippen molar-refractivity contribution >= 4 is 5.91 Å². The van der Waals surface area contributed by atoms with Gasteiger partial charge in [0.1, 0.15) is 17.3 Å². The Labute approximate surface area is 115 Å². The third-order valence-electron chi connectivity index (χ3n) is 2.84. The summed E-state index contributed by atoms with van der Waals surface area (Å²) in [5, 5.41) is 21.3. The SMILES string of the molecule is O=C(NCCc1ccc(F)cc1)c1ccc(O)cc1O. The van der Waals surface area contributed by atoms with Gasteiger partial charge in [0.15, 0.2) is 0 Å². The lowest BCUT2D eigenvalue weighted by Crippen LogP contribution is -2.25. The van der Waals surface area contributed by atoms with E-state index in [-0.39, 0.29) is 22.9 Å². The number of phenolic OH excluding ortho intramolecular Hbond substituents is 2. The van der Waals surface area contributed by atoms with Crippen LogP contribution in [0.1, 0.15) is 15.9 Å². The molecule has 20 heavy (non-hydrogen) atoms. The number of rotatable bonds is 4. The van der Waals surface area contributed by atoms with Gasteiger partial charge >= 0.3 is 0 Å². The van der Waals surface area contributed by atoms with E-state index in [0.717, 1.165) is 11.6 Å². The van der Waals surface area contributed by atoms with Gasteiger partial charge in [0.25, 0.3) is 5.91 Å². The zero-order valence-electron chi connectivity index (χ0n) is 10.6. The van der Waals surface area contributed by atoms with Crippen molar-refractivity contribution in [2.24, 2.45) is 0 Å². The van der Waals surface area contributed by atoms with Gasteiger partial charge in [-0.05, 0) is 36.2 Å². The van der Waals surface area contributed by atoms with Gasteiger partial charge < -0.3 is 15.5 Å². The molecule has 0 bridgehead atoms. The summed E-state index contributed by atoms with van der Waals surface area (Å²) in [5.74, 6) is -1.11. The number of benzene rings is 2. The number of hydrogen-bond donors (Lipinski definition) is 3. The highest BCUT2D eigenvalue weighted by atomic mass is 19.1. The Morgan fingerprint density at radius 2 is 1.80 bits per heavy atom. The first-order chi connectivity index (χ1) is 9.56. The molecule has 0 fully saturated rings. The van der Waals surface area contributed by atoms with Crippen molar-refractivity contribution in [3.8, 4) is 11.5 Å². The molecule has 0 saturated heterocycles. The molecule has 2 rings (SSSR count). The van der Waals surface area contributed by atoms with Gasteiger partial charge in [-0.15, -0.1) is 0 Å². The minimum atomic E-state index is -0.426. The van der Waals surface area contributed by atoms with Gasteiger partial charge in [-0.25, -0.2) is 4.39 Å². The summed E-state index contributed by atoms with van der Waals surface area (Å²) in [4.78, 5) is 11.8. The first-order valence-electron chi connectivity index (χ1n) is 6.11. The topological polar surface area (TPSA) is 69.6 Å². The molecule has 2 aromatic carbocycles. The van der Waals surface area contributed by atoms with Gasteiger partial charge in [-0.1, -0.05) is 12.1 Å². The molecule has 0 radical (unpaired) electrons. The van der Waals surface area contributed by atoms with E-state index in [4.69, 9.17) is 5.11 Å². The number of nitrogens with one attached hydrogen (secondary N) is 1. The smallest absolute Gasteiger partial charge is 0.255 e. The predicted molar refractivity (Wildman–Crippen MR) is 72.2 cm³/mol. The molecule has 0 aliphatic carbocycles. The molecule has 0 aromatic heterocycles. The van der Waals surface area contributed by atoms with Crippen molar-refractivity contribution in [3.63, 3.8) is 0 Å². The van der Waals surface area contributed by atoms with E-state index in [1.807, 2.05) is 0 Å². The van der Waals surface area contributed by atoms with Crippen molar-refractivity contribution < 1.29 is 19.4 Å². The number of halogens is 1. The van der Waals surface area contributed by atoms with Crippen LogP contribution in [-0.4, -0.2) is 22.7 Å². The van der Waals surface area contributed by atoms with Crippen LogP contribution >= 0.6 is 0 Å². The molecule has 0 aliphatic rings. The van der Waals surface area contributed by atoms with Crippen LogP contribution in [0.2, 0.25) is 0 Å². The van der Waals surface area contributed by atoms with E-state index < -0.39 is 5.91 Å². The number of carbonyl (C=O) groups is 1. The van der Waals surface area contributed by atoms with Crippen LogP contribution in [0.3, 0.4) is 0 Å². The van der Waals surface area contributed by atoms with Crippen molar-refractivity contribution in [3.05, 3.63) is 59.4 Å². The van der Waals surface area contributed by atoms with E-state index in [1.165, 1.54) is 24.3 Å². The average Bonchev–Trinajstić information content (AvgIpc) is 2.41. The molecule has 0 saturated carbocycles. The van der Waals surface area contributed by atoms with Crippen molar-refractivity contribution in [1.82, 2.24) is 5.32 Å². The summed E-state index contributed by atoms with van der Waals surface area (Å²) >= 11 is 0. The number of amides is 1. The van der Waals surface area contributed by atoms with E-state index in [1.54, 1.807) is 12.1 Å². The molecular formula is C15H14FNO3. The molecule has 0 unspecified atom stereocenters. The lowest BCUT2D eigenvalue weighted by molar-refractivity contribution is 0.0951. The Morgan fingerprint density at radius 3 is 2.45 bits per heavy atom. The summed E-state index contributed by atoms with van der Waals surface area (Å²) in [5.41, 5.74) is 1.00. The Morgan fingerprint density at radius 1 is 1.10 bits per heavy atom. The van der Waals surface area contributed by atoms with Gasteiger partial charge in [-0.2, -0.15) is 0 Å². The van der Waals surface area contributed by atoms with Gasteiger partial charge in [-0.3, -0.25) is 4.79 Å². The highest BCUT2D eigenvalue weighted by Crippen LogP contribution is 2.22. The normalized spacial score (nSPS) is 10.2. The fourth-order valence-corrected chi connectivity index (χ4v) is 1.78. The van der Waals surface area contributed by atoms with Crippen LogP contribution in [0, 0.1) is 5.82 Å². The Hall–Kier alpha value is -2.56. The van der Waals surface area contributed by atoms with Crippen LogP contribution < -0.4 is 5.32 Å². The summed E-state index contributed by atoms with van der Waals surface area (Å²) in [7, 11) is 0. The molecular weight excluding hydrogens is 261 g/mol. The molecule has 4 nitrogen and oxygen atoms in total. The second kappa shape index (κ2) is 6.06. The first kappa shape index (κ1) is 13.9. The average molecular weight is 275 g/mol. The Bertz CT molecular complexity index is 611. The molecule has 104 valence electrons. The third kappa shape index (κ3) is 3.47. The fraction of sp³-hybridized carbons (Fsp3) is 0.133. The van der Waals surface area contributed by atoms with Gasteiger partial charge in [0, 0.05) is 12.6 Å². The molecule has 3 N–H and O–H groups in total. The number of hydrogen-bond acceptors (Lipinski definition) is 3. The van der Waals surface area contributed by atoms with Crippen molar-refractivity contribution in [2.75, 3.05) is 6.54 Å². The maximum atomic E-state index is 12.7. The molecule has 5 heteroatoms. The second-order valence-electron chi connectivity index (χ2n) is 4.33. The largest absolute Gasteiger partial charge is 0.508 e. The zero-order valence-corrected chi connectivity index (χ0v) is 10.6. The van der Waals surface area contributed by atoms with Crippen LogP contribution in [0.4, 0.5) is 4.39 Å². The lowest BCUT2D eigenvalue weighted by atomic mass is 10.1. The Kier molecular flexibility index (Phi) is 4.20. The summed E-state index contributed by atoms with van der Waals surface area (Å²) in [6, 6.07) is 9.81. The van der Waals surface area contributed by atoms with Gasteiger partial charge in [0.05, 0.1) is 5.56 Å². The summed E-state index contributed by atoms with van der Waals surface area (Å²) in [6.45, 7) is 0.366. The third-order valence-corrected chi connectivity index (χ3v) is 2.84. The minimum absolute atomic E-state index is 0.0990. The van der Waals surface area contributed by atoms with Crippen molar-refractivity contribution in [1.29, 1.82) is 0 Å². The van der Waals surface area contributed by atoms with Crippen LogP contribution in [0.5, 0.6) is 11.5 Å². The summed E-state index contributed by atoms with van der Waals surface area (Å²) < 4.78 is 12.7. The van der Waals surface area contributed by atoms with E-state index in [0.29, 0.717) is 13.0 Å². The van der Waals surface area contributed by atoms with Crippen LogP contribution in [0.25, 0.3) is 0 Å². The fourth-order valence-electron chi connectivity index (χ4n) is 1.78. The van der Waals surface area contributed by atoms with Crippen LogP contribution in [0.15, 0.2) is 42.5 Å². The number of carbonyl (C=O) groups excluding carboxylic acids is 1. The molecule has 0 heterocycles.